The molecule has 0 radical (unpaired) electrons. The van der Waals surface area contributed by atoms with Gasteiger partial charge in [0.15, 0.2) is 5.17 Å². The number of aliphatic hydroxyl groups is 1. The van der Waals surface area contributed by atoms with Gasteiger partial charge in [-0.1, -0.05) is 6.08 Å². The van der Waals surface area contributed by atoms with E-state index < -0.39 is 6.29 Å². The van der Waals surface area contributed by atoms with Gasteiger partial charge in [0, 0.05) is 25.3 Å². The molecule has 0 spiro atoms. The molecule has 0 aromatic carbocycles. The number of hydrogen-bond acceptors (Lipinski definition) is 6. The van der Waals surface area contributed by atoms with Gasteiger partial charge in [-0.25, -0.2) is 0 Å². The molecule has 1 amide bonds. The summed E-state index contributed by atoms with van der Waals surface area (Å²) in [5, 5.41) is 13.5. The first-order chi connectivity index (χ1) is 10.7. The molecule has 3 aliphatic rings. The third kappa shape index (κ3) is 4.47. The minimum atomic E-state index is -0.910. The van der Waals surface area contributed by atoms with Crippen molar-refractivity contribution < 1.29 is 14.6 Å². The number of thioether (sulfide) groups is 1. The van der Waals surface area contributed by atoms with E-state index in [1.54, 1.807) is 6.08 Å². The molecule has 0 saturated carbocycles. The Morgan fingerprint density at radius 3 is 3.04 bits per heavy atom. The third-order valence-electron chi connectivity index (χ3n) is 3.76. The quantitative estimate of drug-likeness (QED) is 0.765. The molecule has 9 heteroatoms. The molecule has 0 aromatic rings. The molecular weight excluding hydrogens is 373 g/mol. The molecule has 1 unspecified atom stereocenters. The maximum absolute atomic E-state index is 12.3. The standard InChI is InChI=1S/C15H19N3O3S.2ClH/c1-10-12(22-15-17-6-3-8-18(10)15)13(19)16-7-5-11-4-2-9-21-14(11)20;;/h2,4,9,14,20H,3,5-8H2,1H3,(H,16,19);2*1H. The molecule has 1 atom stereocenters. The molecule has 24 heavy (non-hydrogen) atoms. The molecule has 6 nitrogen and oxygen atoms in total. The van der Waals surface area contributed by atoms with E-state index in [2.05, 4.69) is 15.2 Å². The Kier molecular flexibility index (Phi) is 8.15. The largest absolute Gasteiger partial charge is 0.469 e. The van der Waals surface area contributed by atoms with Gasteiger partial charge in [0.1, 0.15) is 0 Å². The first kappa shape index (κ1) is 20.9. The number of nitrogens with one attached hydrogen (secondary N) is 1. The Morgan fingerprint density at radius 2 is 2.33 bits per heavy atom. The summed E-state index contributed by atoms with van der Waals surface area (Å²) in [7, 11) is 0. The summed E-state index contributed by atoms with van der Waals surface area (Å²) in [5.74, 6) is -0.0815. The highest BCUT2D eigenvalue weighted by molar-refractivity contribution is 8.18. The number of aliphatic imine (C=N–C) groups is 1. The van der Waals surface area contributed by atoms with Crippen LogP contribution in [0.15, 0.2) is 39.6 Å². The summed E-state index contributed by atoms with van der Waals surface area (Å²) in [5.41, 5.74) is 1.73. The van der Waals surface area contributed by atoms with Crippen LogP contribution < -0.4 is 5.32 Å². The van der Waals surface area contributed by atoms with Crippen LogP contribution in [-0.4, -0.2) is 47.0 Å². The number of amidine groups is 1. The van der Waals surface area contributed by atoms with Crippen LogP contribution in [0.25, 0.3) is 0 Å². The number of hydrogen-bond donors (Lipinski definition) is 2. The second-order valence-corrected chi connectivity index (χ2v) is 6.23. The zero-order chi connectivity index (χ0) is 15.5. The van der Waals surface area contributed by atoms with E-state index >= 15 is 0 Å². The predicted octanol–water partition coefficient (Wildman–Crippen LogP) is 2.17. The molecule has 134 valence electrons. The van der Waals surface area contributed by atoms with E-state index in [0.29, 0.717) is 13.0 Å². The Balaban J connectivity index is 0.00000144. The lowest BCUT2D eigenvalue weighted by Gasteiger charge is -2.23. The average Bonchev–Trinajstić information content (AvgIpc) is 2.87. The van der Waals surface area contributed by atoms with Gasteiger partial charge in [-0.15, -0.1) is 24.8 Å². The van der Waals surface area contributed by atoms with Crippen LogP contribution in [0.3, 0.4) is 0 Å². The minimum absolute atomic E-state index is 0. The lowest BCUT2D eigenvalue weighted by molar-refractivity contribution is -0.116. The number of fused-ring (bicyclic) bond motifs is 1. The van der Waals surface area contributed by atoms with Crippen molar-refractivity contribution in [2.75, 3.05) is 19.6 Å². The number of halogens is 2. The molecule has 3 aliphatic heterocycles. The summed E-state index contributed by atoms with van der Waals surface area (Å²) >= 11 is 1.44. The maximum Gasteiger partial charge on any atom is 0.259 e. The number of nitrogens with zero attached hydrogens (tertiary/aromatic N) is 2. The molecule has 0 bridgehead atoms. The van der Waals surface area contributed by atoms with Crippen molar-refractivity contribution in [2.24, 2.45) is 4.99 Å². The Morgan fingerprint density at radius 1 is 1.54 bits per heavy atom. The maximum atomic E-state index is 12.3. The first-order valence-electron chi connectivity index (χ1n) is 7.35. The number of rotatable bonds is 4. The van der Waals surface area contributed by atoms with Crippen LogP contribution in [0.5, 0.6) is 0 Å². The number of ether oxygens (including phenoxy) is 1. The van der Waals surface area contributed by atoms with Gasteiger partial charge in [0.05, 0.1) is 11.2 Å². The zero-order valence-corrected chi connectivity index (χ0v) is 15.7. The molecule has 3 heterocycles. The van der Waals surface area contributed by atoms with E-state index in [-0.39, 0.29) is 30.7 Å². The highest BCUT2D eigenvalue weighted by atomic mass is 35.5. The number of carbonyl (C=O) groups is 1. The second kappa shape index (κ2) is 9.36. The number of carbonyl (C=O) groups excluding carboxylic acids is 1. The van der Waals surface area contributed by atoms with E-state index in [4.69, 9.17) is 4.74 Å². The van der Waals surface area contributed by atoms with Gasteiger partial charge >= 0.3 is 0 Å². The molecule has 0 aromatic heterocycles. The van der Waals surface area contributed by atoms with Crippen molar-refractivity contribution in [3.63, 3.8) is 0 Å². The zero-order valence-electron chi connectivity index (χ0n) is 13.2. The molecule has 0 fully saturated rings. The van der Waals surface area contributed by atoms with E-state index in [1.807, 2.05) is 13.0 Å². The van der Waals surface area contributed by atoms with Gasteiger partial charge < -0.3 is 20.1 Å². The normalized spacial score (nSPS) is 21.8. The summed E-state index contributed by atoms with van der Waals surface area (Å²) < 4.78 is 4.99. The van der Waals surface area contributed by atoms with E-state index in [0.717, 1.165) is 40.9 Å². The van der Waals surface area contributed by atoms with Gasteiger partial charge in [-0.05, 0) is 43.2 Å². The number of amides is 1. The average molecular weight is 394 g/mol. The van der Waals surface area contributed by atoms with Crippen LogP contribution in [0, 0.1) is 0 Å². The van der Waals surface area contributed by atoms with Gasteiger partial charge in [0.25, 0.3) is 5.91 Å². The second-order valence-electron chi connectivity index (χ2n) is 5.25. The molecule has 3 rings (SSSR count). The van der Waals surface area contributed by atoms with Crippen molar-refractivity contribution in [1.29, 1.82) is 0 Å². The molecule has 0 aliphatic carbocycles. The topological polar surface area (TPSA) is 74.2 Å². The lowest BCUT2D eigenvalue weighted by atomic mass is 10.1. The van der Waals surface area contributed by atoms with Crippen LogP contribution in [0.4, 0.5) is 0 Å². The third-order valence-corrected chi connectivity index (χ3v) is 4.98. The van der Waals surface area contributed by atoms with Gasteiger partial charge in [-0.2, -0.15) is 0 Å². The fourth-order valence-electron chi connectivity index (χ4n) is 2.54. The minimum Gasteiger partial charge on any atom is -0.469 e. The molecule has 0 saturated heterocycles. The van der Waals surface area contributed by atoms with Gasteiger partial charge in [0.2, 0.25) is 6.29 Å². The monoisotopic (exact) mass is 393 g/mol. The SMILES string of the molecule is CC1=C(C(=O)NCCC2=CC=COC2O)SC2=NCCCN21.Cl.Cl. The Bertz CT molecular complexity index is 605. The van der Waals surface area contributed by atoms with E-state index in [9.17, 15) is 9.90 Å². The Hall–Kier alpha value is -1.15. The first-order valence-corrected chi connectivity index (χ1v) is 8.16. The van der Waals surface area contributed by atoms with Crippen LogP contribution in [0.1, 0.15) is 19.8 Å². The predicted molar refractivity (Wildman–Crippen MR) is 100 cm³/mol. The van der Waals surface area contributed by atoms with E-state index in [1.165, 1.54) is 18.0 Å². The van der Waals surface area contributed by atoms with Crippen molar-refractivity contribution in [2.45, 2.75) is 26.1 Å². The molecule has 2 N–H and O–H groups in total. The summed E-state index contributed by atoms with van der Waals surface area (Å²) in [4.78, 5) is 19.6. The summed E-state index contributed by atoms with van der Waals surface area (Å²) in [6.07, 6.45) is 5.66. The van der Waals surface area contributed by atoms with Crippen LogP contribution in [-0.2, 0) is 9.53 Å². The molecular formula is C15H21Cl2N3O3S. The smallest absolute Gasteiger partial charge is 0.259 e. The lowest BCUT2D eigenvalue weighted by Crippen LogP contribution is -2.29. The fourth-order valence-corrected chi connectivity index (χ4v) is 3.64. The highest BCUT2D eigenvalue weighted by Crippen LogP contribution is 2.35. The highest BCUT2D eigenvalue weighted by Gasteiger charge is 2.31. The number of allylic oxidation sites excluding steroid dienone is 3. The Labute approximate surface area is 157 Å². The van der Waals surface area contributed by atoms with Crippen molar-refractivity contribution in [3.05, 3.63) is 34.6 Å². The van der Waals surface area contributed by atoms with Crippen molar-refractivity contribution in [1.82, 2.24) is 10.2 Å². The number of aliphatic hydroxyl groups excluding tert-OH is 1. The van der Waals surface area contributed by atoms with Crippen LogP contribution >= 0.6 is 36.6 Å². The van der Waals surface area contributed by atoms with Crippen molar-refractivity contribution >= 4 is 47.7 Å². The summed E-state index contributed by atoms with van der Waals surface area (Å²) in [6.45, 7) is 4.18. The van der Waals surface area contributed by atoms with Crippen LogP contribution in [0.2, 0.25) is 0 Å². The fraction of sp³-hybridized carbons (Fsp3) is 0.467. The summed E-state index contributed by atoms with van der Waals surface area (Å²) in [6, 6.07) is 0. The van der Waals surface area contributed by atoms with Gasteiger partial charge in [-0.3, -0.25) is 9.79 Å². The van der Waals surface area contributed by atoms with Crippen molar-refractivity contribution in [3.8, 4) is 0 Å².